The van der Waals surface area contributed by atoms with Crippen LogP contribution in [0.1, 0.15) is 10.4 Å². The maximum absolute atomic E-state index is 5.92. The number of nitrogens with two attached hydrogens (primary N) is 1. The number of nitrogen functional groups attached to an aromatic ring is 1. The van der Waals surface area contributed by atoms with Crippen molar-refractivity contribution in [2.24, 2.45) is 0 Å². The number of hydrogen-bond donors (Lipinski definition) is 1. The van der Waals surface area contributed by atoms with Gasteiger partial charge in [-0.25, -0.2) is 4.98 Å². The molecule has 0 aliphatic rings. The van der Waals surface area contributed by atoms with Gasteiger partial charge in [0, 0.05) is 6.42 Å². The number of H-pyrrole nitrogens is 1. The number of anilines is 1. The SMILES string of the molecule is Nc1[nH+]cc(Cc2ccc(Cl)c(Cl)c2)s1. The fraction of sp³-hybridized carbons (Fsp3) is 0.100. The number of benzene rings is 1. The largest absolute Gasteiger partial charge is 0.329 e. The van der Waals surface area contributed by atoms with Gasteiger partial charge in [0.15, 0.2) is 0 Å². The molecule has 78 valence electrons. The van der Waals surface area contributed by atoms with Gasteiger partial charge < -0.3 is 0 Å². The lowest BCUT2D eigenvalue weighted by molar-refractivity contribution is -0.354. The van der Waals surface area contributed by atoms with E-state index in [4.69, 9.17) is 28.9 Å². The summed E-state index contributed by atoms with van der Waals surface area (Å²) in [4.78, 5) is 4.12. The molecular formula is C10H9Cl2N2S+. The third kappa shape index (κ3) is 2.62. The lowest BCUT2D eigenvalue weighted by Gasteiger charge is -2.00. The lowest BCUT2D eigenvalue weighted by Crippen LogP contribution is -2.01. The predicted molar refractivity (Wildman–Crippen MR) is 64.6 cm³/mol. The van der Waals surface area contributed by atoms with Crippen LogP contribution < -0.4 is 10.7 Å². The summed E-state index contributed by atoms with van der Waals surface area (Å²) >= 11 is 13.3. The molecule has 1 aromatic carbocycles. The third-order valence-corrected chi connectivity index (χ3v) is 3.58. The molecule has 1 heterocycles. The smallest absolute Gasteiger partial charge is 0.278 e. The highest BCUT2D eigenvalue weighted by Gasteiger charge is 2.05. The number of halogens is 2. The van der Waals surface area contributed by atoms with E-state index in [1.165, 1.54) is 16.2 Å². The first-order valence-electron chi connectivity index (χ1n) is 4.35. The Morgan fingerprint density at radius 1 is 1.27 bits per heavy atom. The summed E-state index contributed by atoms with van der Waals surface area (Å²) < 4.78 is 0. The van der Waals surface area contributed by atoms with E-state index in [0.29, 0.717) is 15.2 Å². The average Bonchev–Trinajstić information content (AvgIpc) is 2.58. The zero-order chi connectivity index (χ0) is 10.8. The quantitative estimate of drug-likeness (QED) is 0.885. The monoisotopic (exact) mass is 259 g/mol. The topological polar surface area (TPSA) is 40.2 Å². The van der Waals surface area contributed by atoms with Gasteiger partial charge in [-0.3, -0.25) is 5.73 Å². The van der Waals surface area contributed by atoms with Crippen LogP contribution >= 0.6 is 34.5 Å². The van der Waals surface area contributed by atoms with Crippen LogP contribution in [-0.4, -0.2) is 0 Å². The summed E-state index contributed by atoms with van der Waals surface area (Å²) in [5.41, 5.74) is 6.73. The van der Waals surface area contributed by atoms with Gasteiger partial charge in [0.1, 0.15) is 6.20 Å². The number of aromatic nitrogens is 1. The molecule has 0 spiro atoms. The van der Waals surface area contributed by atoms with Crippen LogP contribution in [0.15, 0.2) is 24.4 Å². The zero-order valence-electron chi connectivity index (χ0n) is 7.76. The molecule has 0 bridgehead atoms. The summed E-state index contributed by atoms with van der Waals surface area (Å²) in [5.74, 6) is 0. The third-order valence-electron chi connectivity index (χ3n) is 1.98. The van der Waals surface area contributed by atoms with Crippen LogP contribution in [0.2, 0.25) is 10.0 Å². The summed E-state index contributed by atoms with van der Waals surface area (Å²) in [7, 11) is 0. The van der Waals surface area contributed by atoms with Crippen LogP contribution in [0.4, 0.5) is 5.13 Å². The average molecular weight is 260 g/mol. The van der Waals surface area contributed by atoms with Gasteiger partial charge in [0.2, 0.25) is 0 Å². The summed E-state index contributed by atoms with van der Waals surface area (Å²) in [6, 6.07) is 5.64. The van der Waals surface area contributed by atoms with Crippen LogP contribution in [0, 0.1) is 0 Å². The van der Waals surface area contributed by atoms with Gasteiger partial charge in [0.25, 0.3) is 0 Å². The van der Waals surface area contributed by atoms with Crippen molar-refractivity contribution in [1.29, 1.82) is 0 Å². The molecule has 0 saturated heterocycles. The van der Waals surface area contributed by atoms with Crippen molar-refractivity contribution >= 4 is 39.7 Å². The maximum Gasteiger partial charge on any atom is 0.329 e. The Balaban J connectivity index is 2.21. The summed E-state index contributed by atoms with van der Waals surface area (Å²) in [6.45, 7) is 0. The first kappa shape index (κ1) is 10.7. The number of thiazole rings is 1. The minimum Gasteiger partial charge on any atom is -0.278 e. The van der Waals surface area contributed by atoms with Gasteiger partial charge in [-0.1, -0.05) is 40.6 Å². The minimum atomic E-state index is 0.581. The molecule has 0 radical (unpaired) electrons. The molecule has 2 nitrogen and oxygen atoms in total. The maximum atomic E-state index is 5.92. The first-order chi connectivity index (χ1) is 7.15. The number of rotatable bonds is 2. The summed E-state index contributed by atoms with van der Waals surface area (Å²) in [6.07, 6.45) is 2.72. The molecule has 5 heteroatoms. The van der Waals surface area contributed by atoms with Gasteiger partial charge in [-0.2, -0.15) is 0 Å². The fourth-order valence-electron chi connectivity index (χ4n) is 1.29. The van der Waals surface area contributed by atoms with Crippen molar-refractivity contribution in [1.82, 2.24) is 0 Å². The second-order valence-electron chi connectivity index (χ2n) is 3.15. The van der Waals surface area contributed by atoms with Crippen LogP contribution in [-0.2, 0) is 6.42 Å². The van der Waals surface area contributed by atoms with Crippen molar-refractivity contribution < 1.29 is 4.98 Å². The minimum absolute atomic E-state index is 0.581. The van der Waals surface area contributed by atoms with Crippen LogP contribution in [0.3, 0.4) is 0 Å². The highest BCUT2D eigenvalue weighted by atomic mass is 35.5. The van der Waals surface area contributed by atoms with Crippen molar-refractivity contribution in [3.05, 3.63) is 44.9 Å². The highest BCUT2D eigenvalue weighted by molar-refractivity contribution is 7.14. The number of aromatic amines is 1. The molecule has 0 amide bonds. The Morgan fingerprint density at radius 2 is 2.07 bits per heavy atom. The Kier molecular flexibility index (Phi) is 3.14. The first-order valence-corrected chi connectivity index (χ1v) is 5.92. The Morgan fingerprint density at radius 3 is 2.67 bits per heavy atom. The molecule has 2 rings (SSSR count). The molecule has 0 fully saturated rings. The Labute approximate surface area is 102 Å². The van der Waals surface area contributed by atoms with Gasteiger partial charge in [0.05, 0.1) is 14.9 Å². The molecule has 0 aliphatic carbocycles. The fourth-order valence-corrected chi connectivity index (χ4v) is 2.37. The van der Waals surface area contributed by atoms with E-state index in [-0.39, 0.29) is 0 Å². The summed E-state index contributed by atoms with van der Waals surface area (Å²) in [5, 5.41) is 1.88. The van der Waals surface area contributed by atoms with E-state index in [1.807, 2.05) is 18.3 Å². The lowest BCUT2D eigenvalue weighted by atomic mass is 10.1. The molecule has 0 unspecified atom stereocenters. The van der Waals surface area contributed by atoms with Crippen LogP contribution in [0.25, 0.3) is 0 Å². The van der Waals surface area contributed by atoms with E-state index >= 15 is 0 Å². The highest BCUT2D eigenvalue weighted by Crippen LogP contribution is 2.24. The molecule has 15 heavy (non-hydrogen) atoms. The molecule has 3 N–H and O–H groups in total. The van der Waals surface area contributed by atoms with E-state index in [2.05, 4.69) is 4.98 Å². The molecular weight excluding hydrogens is 251 g/mol. The van der Waals surface area contributed by atoms with E-state index in [9.17, 15) is 0 Å². The van der Waals surface area contributed by atoms with E-state index in [1.54, 1.807) is 6.07 Å². The second-order valence-corrected chi connectivity index (χ2v) is 5.13. The Hall–Kier alpha value is -0.770. The van der Waals surface area contributed by atoms with Gasteiger partial charge in [-0.05, 0) is 17.7 Å². The molecule has 0 atom stereocenters. The molecule has 0 aliphatic heterocycles. The number of hydrogen-bond acceptors (Lipinski definition) is 2. The Bertz CT molecular complexity index is 482. The number of nitrogens with one attached hydrogen (secondary N) is 1. The zero-order valence-corrected chi connectivity index (χ0v) is 10.1. The van der Waals surface area contributed by atoms with Gasteiger partial charge in [-0.15, -0.1) is 0 Å². The standard InChI is InChI=1S/C10H8Cl2N2S/c11-8-2-1-6(4-9(8)12)3-7-5-14-10(13)15-7/h1-2,4-5H,3H2,(H2,13,14)/p+1. The molecule has 2 aromatic rings. The van der Waals surface area contributed by atoms with Crippen molar-refractivity contribution in [2.45, 2.75) is 6.42 Å². The van der Waals surface area contributed by atoms with Crippen molar-refractivity contribution in [2.75, 3.05) is 5.73 Å². The van der Waals surface area contributed by atoms with Gasteiger partial charge >= 0.3 is 5.13 Å². The molecule has 1 aromatic heterocycles. The predicted octanol–water partition coefficient (Wildman–Crippen LogP) is 3.04. The van der Waals surface area contributed by atoms with Crippen LogP contribution in [0.5, 0.6) is 0 Å². The van der Waals surface area contributed by atoms with Crippen molar-refractivity contribution in [3.63, 3.8) is 0 Å². The molecule has 0 saturated carbocycles. The second kappa shape index (κ2) is 4.39. The van der Waals surface area contributed by atoms with E-state index in [0.717, 1.165) is 12.0 Å². The van der Waals surface area contributed by atoms with Crippen molar-refractivity contribution in [3.8, 4) is 0 Å². The normalized spacial score (nSPS) is 10.5. The van der Waals surface area contributed by atoms with E-state index < -0.39 is 0 Å².